The van der Waals surface area contributed by atoms with Crippen LogP contribution in [0.5, 0.6) is 0 Å². The van der Waals surface area contributed by atoms with E-state index in [1.807, 2.05) is 13.8 Å². The molecule has 2 unspecified atom stereocenters. The predicted octanol–water partition coefficient (Wildman–Crippen LogP) is 0.724. The van der Waals surface area contributed by atoms with Crippen molar-refractivity contribution in [3.8, 4) is 0 Å². The van der Waals surface area contributed by atoms with Crippen LogP contribution in [-0.2, 0) is 4.74 Å². The van der Waals surface area contributed by atoms with E-state index in [9.17, 15) is 5.11 Å². The molecule has 0 aromatic heterocycles. The average Bonchev–Trinajstić information content (AvgIpc) is 2.49. The minimum absolute atomic E-state index is 0.0277. The molecule has 0 aliphatic carbocycles. The van der Waals surface area contributed by atoms with Crippen LogP contribution < -0.4 is 0 Å². The molecule has 0 spiro atoms. The van der Waals surface area contributed by atoms with Gasteiger partial charge in [0.05, 0.1) is 12.2 Å². The van der Waals surface area contributed by atoms with Crippen molar-refractivity contribution < 1.29 is 9.84 Å². The smallest absolute Gasteiger partial charge is 0.0969 e. The van der Waals surface area contributed by atoms with Crippen LogP contribution in [0.25, 0.3) is 0 Å². The molecule has 3 heteroatoms. The molecule has 0 amide bonds. The summed E-state index contributed by atoms with van der Waals surface area (Å²) in [6.07, 6.45) is -0.259. The number of nitrogens with zero attached hydrogens (tertiary/aromatic N) is 1. The van der Waals surface area contributed by atoms with Gasteiger partial charge >= 0.3 is 0 Å². The van der Waals surface area contributed by atoms with Gasteiger partial charge < -0.3 is 9.84 Å². The van der Waals surface area contributed by atoms with Crippen molar-refractivity contribution in [3.05, 3.63) is 0 Å². The summed E-state index contributed by atoms with van der Waals surface area (Å²) in [4.78, 5) is 2.18. The first-order valence-electron chi connectivity index (χ1n) is 4.71. The summed E-state index contributed by atoms with van der Waals surface area (Å²) < 4.78 is 5.06. The second kappa shape index (κ2) is 6.40. The molecule has 0 saturated carbocycles. The standard InChI is InChI=1S/C7H15NO2.C2H6/c1-3-8-4-6(9)7(5-8)10-2;1-2/h6-7,9H,3-5H2,1-2H3;1-2H3. The highest BCUT2D eigenvalue weighted by Gasteiger charge is 2.29. The topological polar surface area (TPSA) is 32.7 Å². The molecule has 1 N–H and O–H groups in total. The first-order chi connectivity index (χ1) is 5.77. The summed E-state index contributed by atoms with van der Waals surface area (Å²) in [6.45, 7) is 8.71. The number of ether oxygens (including phenoxy) is 1. The van der Waals surface area contributed by atoms with Crippen LogP contribution in [0.4, 0.5) is 0 Å². The second-order valence-electron chi connectivity index (χ2n) is 2.69. The van der Waals surface area contributed by atoms with E-state index in [2.05, 4.69) is 11.8 Å². The maximum Gasteiger partial charge on any atom is 0.0969 e. The van der Waals surface area contributed by atoms with Crippen molar-refractivity contribution in [2.45, 2.75) is 33.0 Å². The molecule has 0 radical (unpaired) electrons. The SMILES string of the molecule is CC.CCN1CC(O)C(OC)C1. The van der Waals surface area contributed by atoms with E-state index in [0.717, 1.165) is 19.6 Å². The van der Waals surface area contributed by atoms with Gasteiger partial charge in [0.2, 0.25) is 0 Å². The second-order valence-corrected chi connectivity index (χ2v) is 2.69. The molecule has 1 aliphatic rings. The third kappa shape index (κ3) is 3.09. The van der Waals surface area contributed by atoms with E-state index in [0.29, 0.717) is 0 Å². The molecular weight excluding hydrogens is 154 g/mol. The summed E-state index contributed by atoms with van der Waals surface area (Å²) in [5.74, 6) is 0. The molecule has 0 aromatic rings. The van der Waals surface area contributed by atoms with Crippen LogP contribution >= 0.6 is 0 Å². The first kappa shape index (κ1) is 11.9. The van der Waals surface area contributed by atoms with Crippen molar-refractivity contribution in [2.24, 2.45) is 0 Å². The normalized spacial score (nSPS) is 29.8. The maximum atomic E-state index is 9.32. The van der Waals surface area contributed by atoms with Crippen molar-refractivity contribution in [1.29, 1.82) is 0 Å². The molecule has 0 aromatic carbocycles. The largest absolute Gasteiger partial charge is 0.389 e. The number of likely N-dealkylation sites (N-methyl/N-ethyl adjacent to an activating group) is 1. The predicted molar refractivity (Wildman–Crippen MR) is 50.3 cm³/mol. The zero-order chi connectivity index (χ0) is 9.56. The summed E-state index contributed by atoms with van der Waals surface area (Å²) in [7, 11) is 1.65. The number of methoxy groups -OCH3 is 1. The molecule has 3 nitrogen and oxygen atoms in total. The van der Waals surface area contributed by atoms with E-state index in [1.54, 1.807) is 7.11 Å². The summed E-state index contributed by atoms with van der Waals surface area (Å²) in [5, 5.41) is 9.32. The Morgan fingerprint density at radius 3 is 2.25 bits per heavy atom. The van der Waals surface area contributed by atoms with E-state index in [-0.39, 0.29) is 12.2 Å². The maximum absolute atomic E-state index is 9.32. The van der Waals surface area contributed by atoms with Gasteiger partial charge in [0.15, 0.2) is 0 Å². The van der Waals surface area contributed by atoms with Crippen molar-refractivity contribution in [3.63, 3.8) is 0 Å². The lowest BCUT2D eigenvalue weighted by molar-refractivity contribution is 0.0215. The third-order valence-electron chi connectivity index (χ3n) is 2.06. The highest BCUT2D eigenvalue weighted by atomic mass is 16.5. The molecule has 1 aliphatic heterocycles. The highest BCUT2D eigenvalue weighted by molar-refractivity contribution is 4.83. The monoisotopic (exact) mass is 175 g/mol. The van der Waals surface area contributed by atoms with Crippen molar-refractivity contribution >= 4 is 0 Å². The number of aliphatic hydroxyl groups excluding tert-OH is 1. The van der Waals surface area contributed by atoms with Crippen LogP contribution in [0.1, 0.15) is 20.8 Å². The van der Waals surface area contributed by atoms with Crippen LogP contribution in [0.2, 0.25) is 0 Å². The molecule has 1 heterocycles. The van der Waals surface area contributed by atoms with E-state index < -0.39 is 0 Å². The van der Waals surface area contributed by atoms with Crippen LogP contribution in [0.15, 0.2) is 0 Å². The Bertz CT molecular complexity index is 109. The number of likely N-dealkylation sites (tertiary alicyclic amines) is 1. The number of β-amino-alcohol motifs (C(OH)–C–C–N with tert-alkyl or cyclic N) is 1. The third-order valence-corrected chi connectivity index (χ3v) is 2.06. The quantitative estimate of drug-likeness (QED) is 0.671. The van der Waals surface area contributed by atoms with Crippen LogP contribution in [-0.4, -0.2) is 49.0 Å². The van der Waals surface area contributed by atoms with Crippen LogP contribution in [0, 0.1) is 0 Å². The Labute approximate surface area is 75.3 Å². The lowest BCUT2D eigenvalue weighted by Gasteiger charge is -2.10. The Morgan fingerprint density at radius 1 is 1.42 bits per heavy atom. The molecule has 74 valence electrons. The van der Waals surface area contributed by atoms with E-state index in [4.69, 9.17) is 4.74 Å². The Balaban J connectivity index is 0.000000561. The molecule has 12 heavy (non-hydrogen) atoms. The molecule has 1 saturated heterocycles. The fourth-order valence-electron chi connectivity index (χ4n) is 1.32. The zero-order valence-corrected chi connectivity index (χ0v) is 8.58. The fraction of sp³-hybridized carbons (Fsp3) is 1.00. The molecule has 1 rings (SSSR count). The average molecular weight is 175 g/mol. The van der Waals surface area contributed by atoms with Crippen molar-refractivity contribution in [2.75, 3.05) is 26.7 Å². The minimum atomic E-state index is -0.287. The van der Waals surface area contributed by atoms with Gasteiger partial charge in [0.25, 0.3) is 0 Å². The molecule has 0 bridgehead atoms. The number of rotatable bonds is 2. The van der Waals surface area contributed by atoms with Gasteiger partial charge in [-0.25, -0.2) is 0 Å². The molecule has 2 atom stereocenters. The lowest BCUT2D eigenvalue weighted by atomic mass is 10.3. The minimum Gasteiger partial charge on any atom is -0.389 e. The van der Waals surface area contributed by atoms with E-state index >= 15 is 0 Å². The summed E-state index contributed by atoms with van der Waals surface area (Å²) in [5.41, 5.74) is 0. The van der Waals surface area contributed by atoms with E-state index in [1.165, 1.54) is 0 Å². The van der Waals surface area contributed by atoms with Gasteiger partial charge in [0, 0.05) is 20.2 Å². The Hall–Kier alpha value is -0.120. The van der Waals surface area contributed by atoms with Gasteiger partial charge in [0.1, 0.15) is 0 Å². The Morgan fingerprint density at radius 2 is 2.00 bits per heavy atom. The fourth-order valence-corrected chi connectivity index (χ4v) is 1.32. The van der Waals surface area contributed by atoms with Crippen molar-refractivity contribution in [1.82, 2.24) is 4.90 Å². The Kier molecular flexibility index (Phi) is 6.34. The highest BCUT2D eigenvalue weighted by Crippen LogP contribution is 2.11. The number of hydrogen-bond acceptors (Lipinski definition) is 3. The number of aliphatic hydroxyl groups is 1. The summed E-state index contributed by atoms with van der Waals surface area (Å²) >= 11 is 0. The first-order valence-corrected chi connectivity index (χ1v) is 4.71. The molecule has 1 fully saturated rings. The van der Waals surface area contributed by atoms with Gasteiger partial charge in [-0.1, -0.05) is 20.8 Å². The number of hydrogen-bond donors (Lipinski definition) is 1. The lowest BCUT2D eigenvalue weighted by Crippen LogP contribution is -2.25. The van der Waals surface area contributed by atoms with Gasteiger partial charge in [-0.15, -0.1) is 0 Å². The van der Waals surface area contributed by atoms with Gasteiger partial charge in [-0.3, -0.25) is 4.90 Å². The van der Waals surface area contributed by atoms with Gasteiger partial charge in [-0.2, -0.15) is 0 Å². The van der Waals surface area contributed by atoms with Gasteiger partial charge in [-0.05, 0) is 6.54 Å². The zero-order valence-electron chi connectivity index (χ0n) is 8.58. The van der Waals surface area contributed by atoms with Crippen LogP contribution in [0.3, 0.4) is 0 Å². The summed E-state index contributed by atoms with van der Waals surface area (Å²) in [6, 6.07) is 0. The molecular formula is C9H21NO2.